The highest BCUT2D eigenvalue weighted by atomic mass is 16.5. The molecule has 0 spiro atoms. The third kappa shape index (κ3) is 2.46. The van der Waals surface area contributed by atoms with E-state index >= 15 is 0 Å². The van der Waals surface area contributed by atoms with E-state index in [1.54, 1.807) is 7.11 Å². The number of nitrogens with one attached hydrogen (secondary N) is 1. The molecule has 1 aliphatic rings. The van der Waals surface area contributed by atoms with Crippen molar-refractivity contribution < 1.29 is 4.74 Å². The van der Waals surface area contributed by atoms with Crippen LogP contribution in [0.15, 0.2) is 0 Å². The van der Waals surface area contributed by atoms with Gasteiger partial charge in [0.15, 0.2) is 0 Å². The Morgan fingerprint density at radius 3 is 2.94 bits per heavy atom. The van der Waals surface area contributed by atoms with Gasteiger partial charge >= 0.3 is 0 Å². The molecule has 4 nitrogen and oxygen atoms in total. The lowest BCUT2D eigenvalue weighted by Gasteiger charge is -2.05. The summed E-state index contributed by atoms with van der Waals surface area (Å²) in [4.78, 5) is 0. The van der Waals surface area contributed by atoms with E-state index in [2.05, 4.69) is 24.3 Å². The Morgan fingerprint density at radius 2 is 2.29 bits per heavy atom. The van der Waals surface area contributed by atoms with Gasteiger partial charge in [-0.3, -0.25) is 0 Å². The first kappa shape index (κ1) is 12.4. The van der Waals surface area contributed by atoms with Crippen molar-refractivity contribution in [1.29, 1.82) is 0 Å². The van der Waals surface area contributed by atoms with Crippen LogP contribution in [0.4, 0.5) is 0 Å². The van der Waals surface area contributed by atoms with Crippen molar-refractivity contribution in [2.24, 2.45) is 13.0 Å². The molecule has 0 saturated heterocycles. The molecule has 17 heavy (non-hydrogen) atoms. The van der Waals surface area contributed by atoms with Crippen molar-refractivity contribution >= 4 is 0 Å². The molecule has 4 heteroatoms. The molecule has 1 saturated carbocycles. The second kappa shape index (κ2) is 5.08. The van der Waals surface area contributed by atoms with Crippen LogP contribution < -0.4 is 10.1 Å². The van der Waals surface area contributed by atoms with Gasteiger partial charge in [0, 0.05) is 12.6 Å². The lowest BCUT2D eigenvalue weighted by atomic mass is 10.1. The molecule has 2 atom stereocenters. The van der Waals surface area contributed by atoms with Gasteiger partial charge in [-0.1, -0.05) is 6.92 Å². The maximum Gasteiger partial charge on any atom is 0.215 e. The Balaban J connectivity index is 2.00. The molecule has 1 heterocycles. The summed E-state index contributed by atoms with van der Waals surface area (Å²) in [5.74, 6) is 2.34. The van der Waals surface area contributed by atoms with E-state index < -0.39 is 0 Å². The zero-order chi connectivity index (χ0) is 12.4. The molecular weight excluding hydrogens is 214 g/mol. The SMILES string of the molecule is CCCNCC1CC1c1c(C)nn(C)c1OC. The highest BCUT2D eigenvalue weighted by Crippen LogP contribution is 2.51. The number of rotatable bonds is 6. The van der Waals surface area contributed by atoms with E-state index in [0.29, 0.717) is 5.92 Å². The largest absolute Gasteiger partial charge is 0.481 e. The minimum Gasteiger partial charge on any atom is -0.481 e. The van der Waals surface area contributed by atoms with E-state index in [0.717, 1.165) is 30.6 Å². The van der Waals surface area contributed by atoms with Gasteiger partial charge < -0.3 is 10.1 Å². The Kier molecular flexibility index (Phi) is 3.72. The van der Waals surface area contributed by atoms with Crippen LogP contribution in [0.1, 0.15) is 36.9 Å². The molecule has 1 fully saturated rings. The topological polar surface area (TPSA) is 39.1 Å². The minimum atomic E-state index is 0.642. The molecule has 2 unspecified atom stereocenters. The van der Waals surface area contributed by atoms with Crippen LogP contribution in [0.3, 0.4) is 0 Å². The molecule has 1 aromatic heterocycles. The Bertz CT molecular complexity index is 386. The monoisotopic (exact) mass is 237 g/mol. The lowest BCUT2D eigenvalue weighted by Crippen LogP contribution is -2.18. The Labute approximate surface area is 103 Å². The average Bonchev–Trinajstić information content (AvgIpc) is 2.98. The zero-order valence-corrected chi connectivity index (χ0v) is 11.3. The second-order valence-electron chi connectivity index (χ2n) is 4.94. The smallest absolute Gasteiger partial charge is 0.215 e. The second-order valence-corrected chi connectivity index (χ2v) is 4.94. The van der Waals surface area contributed by atoms with Gasteiger partial charge in [-0.25, -0.2) is 4.68 Å². The Hall–Kier alpha value is -1.03. The lowest BCUT2D eigenvalue weighted by molar-refractivity contribution is 0.369. The predicted octanol–water partition coefficient (Wildman–Crippen LogP) is 1.84. The van der Waals surface area contributed by atoms with Crippen LogP contribution in [0.2, 0.25) is 0 Å². The maximum atomic E-state index is 5.45. The van der Waals surface area contributed by atoms with E-state index in [-0.39, 0.29) is 0 Å². The van der Waals surface area contributed by atoms with Crippen LogP contribution in [0.25, 0.3) is 0 Å². The first-order valence-electron chi connectivity index (χ1n) is 6.47. The van der Waals surface area contributed by atoms with Crippen molar-refractivity contribution in [3.63, 3.8) is 0 Å². The third-order valence-electron chi connectivity index (χ3n) is 3.53. The van der Waals surface area contributed by atoms with Crippen LogP contribution in [-0.2, 0) is 7.05 Å². The fourth-order valence-corrected chi connectivity index (χ4v) is 2.61. The molecule has 2 rings (SSSR count). The minimum absolute atomic E-state index is 0.642. The van der Waals surface area contributed by atoms with Gasteiger partial charge in [0.25, 0.3) is 0 Å². The summed E-state index contributed by atoms with van der Waals surface area (Å²) in [6.45, 7) is 6.51. The van der Waals surface area contributed by atoms with Crippen molar-refractivity contribution in [2.75, 3.05) is 20.2 Å². The summed E-state index contributed by atoms with van der Waals surface area (Å²) in [6.07, 6.45) is 2.46. The first-order chi connectivity index (χ1) is 8.19. The molecule has 0 radical (unpaired) electrons. The van der Waals surface area contributed by atoms with Gasteiger partial charge in [-0.05, 0) is 44.7 Å². The third-order valence-corrected chi connectivity index (χ3v) is 3.53. The van der Waals surface area contributed by atoms with E-state index in [1.165, 1.54) is 18.4 Å². The molecule has 0 bridgehead atoms. The first-order valence-corrected chi connectivity index (χ1v) is 6.47. The fraction of sp³-hybridized carbons (Fsp3) is 0.769. The van der Waals surface area contributed by atoms with E-state index in [1.807, 2.05) is 11.7 Å². The number of ether oxygens (including phenoxy) is 1. The number of hydrogen-bond donors (Lipinski definition) is 1. The van der Waals surface area contributed by atoms with Gasteiger partial charge in [0.05, 0.1) is 12.8 Å². The predicted molar refractivity (Wildman–Crippen MR) is 68.5 cm³/mol. The summed E-state index contributed by atoms with van der Waals surface area (Å²) < 4.78 is 7.30. The summed E-state index contributed by atoms with van der Waals surface area (Å²) in [5, 5.41) is 7.94. The zero-order valence-electron chi connectivity index (χ0n) is 11.3. The quantitative estimate of drug-likeness (QED) is 0.767. The molecule has 0 amide bonds. The summed E-state index contributed by atoms with van der Waals surface area (Å²) >= 11 is 0. The summed E-state index contributed by atoms with van der Waals surface area (Å²) in [5.41, 5.74) is 2.44. The van der Waals surface area contributed by atoms with Crippen molar-refractivity contribution in [2.45, 2.75) is 32.6 Å². The van der Waals surface area contributed by atoms with Gasteiger partial charge in [0.1, 0.15) is 0 Å². The molecule has 1 N–H and O–H groups in total. The molecule has 96 valence electrons. The molecule has 0 aromatic carbocycles. The number of methoxy groups -OCH3 is 1. The van der Waals surface area contributed by atoms with E-state index in [4.69, 9.17) is 4.74 Å². The maximum absolute atomic E-state index is 5.45. The van der Waals surface area contributed by atoms with Gasteiger partial charge in [0.2, 0.25) is 5.88 Å². The summed E-state index contributed by atoms with van der Waals surface area (Å²) in [6, 6.07) is 0. The number of hydrogen-bond acceptors (Lipinski definition) is 3. The van der Waals surface area contributed by atoms with Gasteiger partial charge in [-0.15, -0.1) is 0 Å². The average molecular weight is 237 g/mol. The normalized spacial score (nSPS) is 22.8. The van der Waals surface area contributed by atoms with Crippen LogP contribution >= 0.6 is 0 Å². The fourth-order valence-electron chi connectivity index (χ4n) is 2.61. The highest BCUT2D eigenvalue weighted by molar-refractivity contribution is 5.38. The van der Waals surface area contributed by atoms with E-state index in [9.17, 15) is 0 Å². The Morgan fingerprint density at radius 1 is 1.53 bits per heavy atom. The molecule has 1 aliphatic carbocycles. The van der Waals surface area contributed by atoms with Crippen molar-refractivity contribution in [3.05, 3.63) is 11.3 Å². The van der Waals surface area contributed by atoms with Crippen LogP contribution in [0, 0.1) is 12.8 Å². The van der Waals surface area contributed by atoms with Crippen LogP contribution in [-0.4, -0.2) is 30.0 Å². The molecular formula is C13H23N3O. The van der Waals surface area contributed by atoms with Crippen molar-refractivity contribution in [1.82, 2.24) is 15.1 Å². The molecule has 0 aliphatic heterocycles. The van der Waals surface area contributed by atoms with Crippen molar-refractivity contribution in [3.8, 4) is 5.88 Å². The standard InChI is InChI=1S/C13H23N3O/c1-5-6-14-8-10-7-11(10)12-9(2)15-16(3)13(12)17-4/h10-11,14H,5-8H2,1-4H3. The number of aryl methyl sites for hydroxylation is 2. The highest BCUT2D eigenvalue weighted by Gasteiger charge is 2.42. The number of nitrogens with zero attached hydrogens (tertiary/aromatic N) is 2. The number of aromatic nitrogens is 2. The van der Waals surface area contributed by atoms with Gasteiger partial charge in [-0.2, -0.15) is 5.10 Å². The molecule has 1 aromatic rings. The summed E-state index contributed by atoms with van der Waals surface area (Å²) in [7, 11) is 3.68. The van der Waals surface area contributed by atoms with Crippen LogP contribution in [0.5, 0.6) is 5.88 Å².